The fourth-order valence-electron chi connectivity index (χ4n) is 2.17. The first-order chi connectivity index (χ1) is 10.1. The largest absolute Gasteiger partial charge is 0.419 e. The van der Waals surface area contributed by atoms with Gasteiger partial charge in [-0.05, 0) is 0 Å². The molecule has 23 heavy (non-hydrogen) atoms. The zero-order valence-corrected chi connectivity index (χ0v) is 10.0. The van der Waals surface area contributed by atoms with Gasteiger partial charge in [-0.3, -0.25) is 0 Å². The second-order valence-corrected chi connectivity index (χ2v) is 4.33. The average molecular weight is 360 g/mol. The maximum absolute atomic E-state index is 13.7. The van der Waals surface area contributed by atoms with Crippen LogP contribution in [0.15, 0.2) is 5.57 Å². The lowest BCUT2D eigenvalue weighted by Gasteiger charge is -2.19. The van der Waals surface area contributed by atoms with E-state index in [9.17, 15) is 52.7 Å². The van der Waals surface area contributed by atoms with Crippen molar-refractivity contribution < 1.29 is 52.7 Å². The van der Waals surface area contributed by atoms with Crippen molar-refractivity contribution in [3.05, 3.63) is 40.0 Å². The molecule has 1 aromatic rings. The predicted octanol–water partition coefficient (Wildman–Crippen LogP) is 5.23. The van der Waals surface area contributed by atoms with Crippen LogP contribution in [0.3, 0.4) is 0 Å². The molecule has 0 saturated carbocycles. The van der Waals surface area contributed by atoms with E-state index in [0.717, 1.165) is 0 Å². The molecule has 0 bridgehead atoms. The van der Waals surface area contributed by atoms with E-state index in [1.807, 2.05) is 0 Å². The molecule has 1 aliphatic carbocycles. The van der Waals surface area contributed by atoms with Gasteiger partial charge >= 0.3 is 18.3 Å². The maximum Gasteiger partial charge on any atom is 0.419 e. The monoisotopic (exact) mass is 360 g/mol. The lowest BCUT2D eigenvalue weighted by molar-refractivity contribution is -0.135. The molecule has 0 aromatic heterocycles. The van der Waals surface area contributed by atoms with Crippen LogP contribution in [0.25, 0.3) is 5.57 Å². The summed E-state index contributed by atoms with van der Waals surface area (Å²) in [6, 6.07) is 0. The van der Waals surface area contributed by atoms with Crippen molar-refractivity contribution in [1.29, 1.82) is 0 Å². The third-order valence-corrected chi connectivity index (χ3v) is 2.96. The number of allylic oxidation sites excluding steroid dienone is 2. The van der Waals surface area contributed by atoms with Crippen LogP contribution in [-0.4, -0.2) is 12.4 Å². The Hall–Kier alpha value is -1.88. The van der Waals surface area contributed by atoms with Crippen LogP contribution in [-0.2, 0) is 5.92 Å². The Balaban J connectivity index is 3.09. The first-order valence-electron chi connectivity index (χ1n) is 5.27. The molecule has 0 fully saturated rings. The lowest BCUT2D eigenvalue weighted by Crippen LogP contribution is -2.28. The zero-order chi connectivity index (χ0) is 18.1. The van der Waals surface area contributed by atoms with Gasteiger partial charge in [0.2, 0.25) is 0 Å². The molecule has 0 amide bonds. The van der Waals surface area contributed by atoms with Crippen molar-refractivity contribution >= 4 is 5.57 Å². The molecule has 0 aliphatic heterocycles. The van der Waals surface area contributed by atoms with Crippen LogP contribution in [0.5, 0.6) is 0 Å². The van der Waals surface area contributed by atoms with Crippen LogP contribution in [0.4, 0.5) is 52.7 Å². The predicted molar refractivity (Wildman–Crippen MR) is 49.2 cm³/mol. The van der Waals surface area contributed by atoms with Crippen molar-refractivity contribution in [3.63, 3.8) is 0 Å². The lowest BCUT2D eigenvalue weighted by atomic mass is 10.0. The summed E-state index contributed by atoms with van der Waals surface area (Å²) in [6.45, 7) is 0. The summed E-state index contributed by atoms with van der Waals surface area (Å²) in [5.41, 5.74) is -12.5. The minimum absolute atomic E-state index is 2.70. The van der Waals surface area contributed by atoms with Gasteiger partial charge in [-0.2, -0.15) is 35.1 Å². The van der Waals surface area contributed by atoms with Gasteiger partial charge in [0, 0.05) is 5.56 Å². The molecule has 0 saturated heterocycles. The number of alkyl halides is 8. The molecular weight excluding hydrogens is 360 g/mol. The Morgan fingerprint density at radius 3 is 1.43 bits per heavy atom. The Bertz CT molecular complexity index is 718. The molecule has 0 heterocycles. The van der Waals surface area contributed by atoms with Gasteiger partial charge in [0.05, 0.1) is 11.1 Å². The highest BCUT2D eigenvalue weighted by molar-refractivity contribution is 5.83. The minimum Gasteiger partial charge on any atom is -0.203 e. The van der Waals surface area contributed by atoms with Crippen LogP contribution in [0.1, 0.15) is 11.1 Å². The highest BCUT2D eigenvalue weighted by atomic mass is 19.4. The summed E-state index contributed by atoms with van der Waals surface area (Å²) in [5, 5.41) is 0. The van der Waals surface area contributed by atoms with Gasteiger partial charge < -0.3 is 0 Å². The van der Waals surface area contributed by atoms with Crippen molar-refractivity contribution in [1.82, 2.24) is 0 Å². The molecule has 1 aromatic carbocycles. The molecule has 12 heteroatoms. The van der Waals surface area contributed by atoms with Gasteiger partial charge in [0.15, 0.2) is 23.3 Å². The van der Waals surface area contributed by atoms with Crippen LogP contribution >= 0.6 is 0 Å². The molecular formula is C11F12. The first-order valence-corrected chi connectivity index (χ1v) is 5.27. The number of hydrogen-bond donors (Lipinski definition) is 0. The van der Waals surface area contributed by atoms with Crippen molar-refractivity contribution in [2.75, 3.05) is 0 Å². The van der Waals surface area contributed by atoms with Gasteiger partial charge in [0.1, 0.15) is 5.57 Å². The standard InChI is InChI=1S/C11F12/c12-4-1-2(5(13)7(15)6(4)14)9(16,17)8(11(21,22)23)3(1)10(18,19)20. The summed E-state index contributed by atoms with van der Waals surface area (Å²) >= 11 is 0. The molecule has 0 radical (unpaired) electrons. The number of rotatable bonds is 0. The second-order valence-electron chi connectivity index (χ2n) is 4.33. The van der Waals surface area contributed by atoms with E-state index in [2.05, 4.69) is 0 Å². The number of benzene rings is 1. The van der Waals surface area contributed by atoms with Gasteiger partial charge in [-0.1, -0.05) is 0 Å². The molecule has 0 N–H and O–H groups in total. The number of hydrogen-bond acceptors (Lipinski definition) is 0. The van der Waals surface area contributed by atoms with Crippen LogP contribution in [0.2, 0.25) is 0 Å². The van der Waals surface area contributed by atoms with Crippen molar-refractivity contribution in [2.45, 2.75) is 18.3 Å². The quantitative estimate of drug-likeness (QED) is 0.338. The Morgan fingerprint density at radius 1 is 0.609 bits per heavy atom. The molecule has 0 atom stereocenters. The molecule has 0 nitrogen and oxygen atoms in total. The smallest absolute Gasteiger partial charge is 0.203 e. The van der Waals surface area contributed by atoms with E-state index in [1.54, 1.807) is 0 Å². The van der Waals surface area contributed by atoms with Gasteiger partial charge in [-0.25, -0.2) is 17.6 Å². The van der Waals surface area contributed by atoms with Gasteiger partial charge in [0.25, 0.3) is 0 Å². The normalized spacial score (nSPS) is 17.7. The summed E-state index contributed by atoms with van der Waals surface area (Å²) in [6.07, 6.45) is -12.6. The third kappa shape index (κ3) is 2.26. The van der Waals surface area contributed by atoms with Crippen molar-refractivity contribution in [2.24, 2.45) is 0 Å². The minimum atomic E-state index is -6.38. The Labute approximate surface area is 118 Å². The summed E-state index contributed by atoms with van der Waals surface area (Å²) < 4.78 is 156. The molecule has 2 rings (SSSR count). The Morgan fingerprint density at radius 2 is 1.04 bits per heavy atom. The van der Waals surface area contributed by atoms with E-state index in [-0.39, 0.29) is 0 Å². The highest BCUT2D eigenvalue weighted by Gasteiger charge is 2.65. The number of fused-ring (bicyclic) bond motifs is 1. The number of halogens is 12. The summed E-state index contributed by atoms with van der Waals surface area (Å²) in [4.78, 5) is 0. The molecule has 1 aliphatic rings. The van der Waals surface area contributed by atoms with E-state index in [0.29, 0.717) is 0 Å². The van der Waals surface area contributed by atoms with E-state index < -0.39 is 63.8 Å². The van der Waals surface area contributed by atoms with Gasteiger partial charge in [-0.15, -0.1) is 0 Å². The summed E-state index contributed by atoms with van der Waals surface area (Å²) in [5.74, 6) is -17.7. The molecule has 0 unspecified atom stereocenters. The topological polar surface area (TPSA) is 0 Å². The average Bonchev–Trinajstić information content (AvgIpc) is 2.61. The third-order valence-electron chi connectivity index (χ3n) is 2.96. The first kappa shape index (κ1) is 17.5. The summed E-state index contributed by atoms with van der Waals surface area (Å²) in [7, 11) is 0. The zero-order valence-electron chi connectivity index (χ0n) is 10.0. The van der Waals surface area contributed by atoms with E-state index in [1.165, 1.54) is 0 Å². The fourth-order valence-corrected chi connectivity index (χ4v) is 2.17. The molecule has 128 valence electrons. The molecule has 0 spiro atoms. The van der Waals surface area contributed by atoms with E-state index in [4.69, 9.17) is 0 Å². The van der Waals surface area contributed by atoms with Crippen molar-refractivity contribution in [3.8, 4) is 0 Å². The van der Waals surface area contributed by atoms with Crippen LogP contribution in [0, 0.1) is 23.3 Å². The van der Waals surface area contributed by atoms with E-state index >= 15 is 0 Å². The fraction of sp³-hybridized carbons (Fsp3) is 0.273. The SMILES string of the molecule is Fc1c(F)c(F)c2c(c1F)C(C(F)(F)F)=C(C(F)(F)F)C2(F)F. The maximum atomic E-state index is 13.7. The second kappa shape index (κ2) is 4.57. The van der Waals surface area contributed by atoms with Crippen LogP contribution < -0.4 is 0 Å². The Kier molecular flexibility index (Phi) is 3.47. The highest BCUT2D eigenvalue weighted by Crippen LogP contribution is 2.60.